The second-order valence-corrected chi connectivity index (χ2v) is 4.43. The maximum atomic E-state index is 10.9. The number of carboxylic acid groups (broad SMARTS) is 1. The van der Waals surface area contributed by atoms with Crippen LogP contribution in [0.2, 0.25) is 0 Å². The number of nitrogens with one attached hydrogen (secondary N) is 1. The van der Waals surface area contributed by atoms with Gasteiger partial charge < -0.3 is 10.4 Å². The molecule has 2 aromatic heterocycles. The van der Waals surface area contributed by atoms with Crippen molar-refractivity contribution in [3.05, 3.63) is 12.4 Å². The van der Waals surface area contributed by atoms with Gasteiger partial charge in [0.1, 0.15) is 0 Å². The van der Waals surface area contributed by atoms with E-state index < -0.39 is 5.97 Å². The smallest absolute Gasteiger partial charge is 0.306 e. The van der Waals surface area contributed by atoms with Crippen molar-refractivity contribution in [3.63, 3.8) is 0 Å². The highest BCUT2D eigenvalue weighted by atomic mass is 16.4. The third-order valence-electron chi connectivity index (χ3n) is 3.24. The molecule has 2 atom stereocenters. The van der Waals surface area contributed by atoms with Crippen molar-refractivity contribution in [2.45, 2.75) is 25.3 Å². The Bertz CT molecular complexity index is 583. The molecule has 3 rings (SSSR count). The molecule has 8 nitrogen and oxygen atoms in total. The zero-order chi connectivity index (χ0) is 12.5. The Morgan fingerprint density at radius 2 is 2.33 bits per heavy atom. The highest BCUT2D eigenvalue weighted by Crippen LogP contribution is 2.27. The number of aliphatic carboxylic acids is 1. The number of carboxylic acids is 1. The van der Waals surface area contributed by atoms with E-state index in [-0.39, 0.29) is 12.0 Å². The molecular weight excluding hydrogens is 236 g/mol. The summed E-state index contributed by atoms with van der Waals surface area (Å²) in [6.45, 7) is 0. The minimum atomic E-state index is -0.724. The summed E-state index contributed by atoms with van der Waals surface area (Å²) in [6.07, 6.45) is 5.35. The van der Waals surface area contributed by atoms with Gasteiger partial charge in [0.2, 0.25) is 0 Å². The molecule has 0 saturated heterocycles. The Hall–Kier alpha value is -2.25. The first-order chi connectivity index (χ1) is 8.74. The number of fused-ring (bicyclic) bond motifs is 1. The molecule has 0 aromatic carbocycles. The Balaban J connectivity index is 1.77. The lowest BCUT2D eigenvalue weighted by molar-refractivity contribution is -0.141. The van der Waals surface area contributed by atoms with E-state index in [0.717, 1.165) is 6.42 Å². The van der Waals surface area contributed by atoms with Crippen LogP contribution >= 0.6 is 0 Å². The number of hydrogen-bond donors (Lipinski definition) is 2. The predicted octanol–water partition coefficient (Wildman–Crippen LogP) is 0.184. The maximum absolute atomic E-state index is 10.9. The fraction of sp³-hybridized carbons (Fsp3) is 0.500. The van der Waals surface area contributed by atoms with Gasteiger partial charge in [-0.25, -0.2) is 0 Å². The number of rotatable bonds is 3. The monoisotopic (exact) mass is 248 g/mol. The lowest BCUT2D eigenvalue weighted by Crippen LogP contribution is -2.19. The lowest BCUT2D eigenvalue weighted by Gasteiger charge is -2.13. The number of hydrogen-bond acceptors (Lipinski definition) is 6. The summed E-state index contributed by atoms with van der Waals surface area (Å²) < 4.78 is 1.56. The third-order valence-corrected chi connectivity index (χ3v) is 3.24. The summed E-state index contributed by atoms with van der Waals surface area (Å²) in [5.41, 5.74) is 0.563. The highest BCUT2D eigenvalue weighted by molar-refractivity contribution is 5.70. The van der Waals surface area contributed by atoms with Crippen molar-refractivity contribution >= 4 is 17.4 Å². The molecule has 1 fully saturated rings. The molecule has 1 aliphatic rings. The van der Waals surface area contributed by atoms with Crippen LogP contribution in [-0.4, -0.2) is 42.1 Å². The minimum absolute atomic E-state index is 0.127. The molecule has 0 amide bonds. The van der Waals surface area contributed by atoms with E-state index in [2.05, 4.69) is 25.8 Å². The molecule has 1 aliphatic carbocycles. The van der Waals surface area contributed by atoms with Gasteiger partial charge in [-0.05, 0) is 29.7 Å². The molecule has 2 N–H and O–H groups in total. The van der Waals surface area contributed by atoms with E-state index >= 15 is 0 Å². The molecule has 0 aliphatic heterocycles. The van der Waals surface area contributed by atoms with Gasteiger partial charge in [-0.3, -0.25) is 9.78 Å². The van der Waals surface area contributed by atoms with E-state index in [4.69, 9.17) is 5.11 Å². The number of aromatic nitrogens is 5. The fourth-order valence-corrected chi connectivity index (χ4v) is 2.32. The van der Waals surface area contributed by atoms with Crippen molar-refractivity contribution in [1.29, 1.82) is 0 Å². The van der Waals surface area contributed by atoms with Crippen LogP contribution < -0.4 is 5.32 Å². The van der Waals surface area contributed by atoms with Crippen molar-refractivity contribution in [3.8, 4) is 0 Å². The Kier molecular flexibility index (Phi) is 2.54. The van der Waals surface area contributed by atoms with E-state index in [9.17, 15) is 4.79 Å². The van der Waals surface area contributed by atoms with Crippen LogP contribution in [0, 0.1) is 5.92 Å². The Morgan fingerprint density at radius 1 is 1.44 bits per heavy atom. The van der Waals surface area contributed by atoms with E-state index in [1.54, 1.807) is 16.9 Å². The molecular formula is C10H12N6O2. The molecule has 0 bridgehead atoms. The SMILES string of the molecule is O=C(O)[C@@H]1CC[C@H](Nc2cncc3nnnn23)C1. The van der Waals surface area contributed by atoms with E-state index in [1.165, 1.54) is 0 Å². The summed E-state index contributed by atoms with van der Waals surface area (Å²) in [5.74, 6) is -0.296. The van der Waals surface area contributed by atoms with Gasteiger partial charge in [0.05, 0.1) is 18.3 Å². The van der Waals surface area contributed by atoms with Gasteiger partial charge in [-0.2, -0.15) is 4.52 Å². The van der Waals surface area contributed by atoms with Crippen molar-refractivity contribution < 1.29 is 9.90 Å². The highest BCUT2D eigenvalue weighted by Gasteiger charge is 2.30. The molecule has 2 heterocycles. The first kappa shape index (κ1) is 10.9. The third kappa shape index (κ3) is 1.85. The molecule has 94 valence electrons. The molecule has 2 aromatic rings. The molecule has 0 unspecified atom stereocenters. The first-order valence-corrected chi connectivity index (χ1v) is 5.75. The summed E-state index contributed by atoms with van der Waals surface area (Å²) in [4.78, 5) is 14.9. The molecule has 0 radical (unpaired) electrons. The fourth-order valence-electron chi connectivity index (χ4n) is 2.32. The van der Waals surface area contributed by atoms with Gasteiger partial charge in [-0.1, -0.05) is 0 Å². The van der Waals surface area contributed by atoms with Crippen LogP contribution in [0.3, 0.4) is 0 Å². The standard InChI is InChI=1S/C10H12N6O2/c17-10(18)6-1-2-7(3-6)12-8-4-11-5-9-13-14-15-16(8)9/h4-7,12H,1-3H2,(H,17,18)/t6-,7+/m1/s1. The minimum Gasteiger partial charge on any atom is -0.481 e. The summed E-state index contributed by atoms with van der Waals surface area (Å²) in [6, 6.07) is 0.127. The van der Waals surface area contributed by atoms with Crippen LogP contribution in [0.25, 0.3) is 5.65 Å². The normalized spacial score (nSPS) is 23.3. The average molecular weight is 248 g/mol. The zero-order valence-corrected chi connectivity index (χ0v) is 9.52. The summed E-state index contributed by atoms with van der Waals surface area (Å²) in [7, 11) is 0. The summed E-state index contributed by atoms with van der Waals surface area (Å²) in [5, 5.41) is 23.4. The quantitative estimate of drug-likeness (QED) is 0.798. The van der Waals surface area contributed by atoms with Crippen LogP contribution in [0.5, 0.6) is 0 Å². The number of tetrazole rings is 1. The zero-order valence-electron chi connectivity index (χ0n) is 9.52. The van der Waals surface area contributed by atoms with E-state index in [1.807, 2.05) is 0 Å². The number of carbonyl (C=O) groups is 1. The average Bonchev–Trinajstić information content (AvgIpc) is 2.97. The van der Waals surface area contributed by atoms with Crippen molar-refractivity contribution in [1.82, 2.24) is 25.0 Å². The maximum Gasteiger partial charge on any atom is 0.306 e. The first-order valence-electron chi connectivity index (χ1n) is 5.75. The second kappa shape index (κ2) is 4.21. The van der Waals surface area contributed by atoms with Gasteiger partial charge in [0, 0.05) is 6.04 Å². The molecule has 1 saturated carbocycles. The number of anilines is 1. The van der Waals surface area contributed by atoms with Gasteiger partial charge in [0.25, 0.3) is 0 Å². The topological polar surface area (TPSA) is 105 Å². The number of nitrogens with zero attached hydrogens (tertiary/aromatic N) is 5. The van der Waals surface area contributed by atoms with Crippen molar-refractivity contribution in [2.75, 3.05) is 5.32 Å². The van der Waals surface area contributed by atoms with Crippen LogP contribution in [0.15, 0.2) is 12.4 Å². The van der Waals surface area contributed by atoms with Gasteiger partial charge in [0.15, 0.2) is 11.5 Å². The summed E-state index contributed by atoms with van der Waals surface area (Å²) >= 11 is 0. The molecule has 8 heteroatoms. The van der Waals surface area contributed by atoms with Gasteiger partial charge >= 0.3 is 5.97 Å². The Morgan fingerprint density at radius 3 is 3.11 bits per heavy atom. The molecule has 0 spiro atoms. The van der Waals surface area contributed by atoms with Crippen LogP contribution in [0.1, 0.15) is 19.3 Å². The van der Waals surface area contributed by atoms with Gasteiger partial charge in [-0.15, -0.1) is 5.10 Å². The lowest BCUT2D eigenvalue weighted by atomic mass is 10.1. The second-order valence-electron chi connectivity index (χ2n) is 4.43. The molecule has 18 heavy (non-hydrogen) atoms. The van der Waals surface area contributed by atoms with Crippen LogP contribution in [0.4, 0.5) is 5.82 Å². The Labute approximate surface area is 102 Å². The van der Waals surface area contributed by atoms with Crippen LogP contribution in [-0.2, 0) is 4.79 Å². The predicted molar refractivity (Wildman–Crippen MR) is 61.0 cm³/mol. The van der Waals surface area contributed by atoms with E-state index in [0.29, 0.717) is 24.3 Å². The largest absolute Gasteiger partial charge is 0.481 e. The van der Waals surface area contributed by atoms with Crippen molar-refractivity contribution in [2.24, 2.45) is 5.92 Å².